The Balaban J connectivity index is 2.52. The van der Waals surface area contributed by atoms with E-state index in [2.05, 4.69) is 31.8 Å². The molecule has 3 heteroatoms. The van der Waals surface area contributed by atoms with Crippen LogP contribution >= 0.6 is 0 Å². The smallest absolute Gasteiger partial charge is 0.192 e. The number of benzene rings is 1. The summed E-state index contributed by atoms with van der Waals surface area (Å²) in [6.45, 7) is 6.35. The molecular weight excluding hydrogens is 250 g/mol. The van der Waals surface area contributed by atoms with Gasteiger partial charge in [0.1, 0.15) is 6.07 Å². The third-order valence-corrected chi connectivity index (χ3v) is 3.94. The summed E-state index contributed by atoms with van der Waals surface area (Å²) in [5.74, 6) is 0. The number of rotatable bonds is 4. The minimum atomic E-state index is -1.86. The second-order valence-electron chi connectivity index (χ2n) is 5.70. The predicted octanol–water partition coefficient (Wildman–Crippen LogP) is 4.14. The predicted molar refractivity (Wildman–Crippen MR) is 80.0 cm³/mol. The van der Waals surface area contributed by atoms with E-state index in [1.165, 1.54) is 0 Å². The van der Waals surface area contributed by atoms with Crippen molar-refractivity contribution in [2.75, 3.05) is 0 Å². The first-order chi connectivity index (χ1) is 8.98. The molecule has 1 atom stereocenters. The monoisotopic (exact) mass is 269 g/mol. The molecule has 1 aliphatic rings. The summed E-state index contributed by atoms with van der Waals surface area (Å²) in [7, 11) is -1.86. The van der Waals surface area contributed by atoms with Crippen molar-refractivity contribution in [1.29, 1.82) is 5.26 Å². The van der Waals surface area contributed by atoms with Crippen molar-refractivity contribution in [2.45, 2.75) is 31.7 Å². The zero-order chi connectivity index (χ0) is 13.9. The zero-order valence-electron chi connectivity index (χ0n) is 11.7. The summed E-state index contributed by atoms with van der Waals surface area (Å²) in [5, 5.41) is 9.83. The Bertz CT molecular complexity index is 548. The first kappa shape index (κ1) is 13.8. The average Bonchev–Trinajstić information content (AvgIpc) is 2.90. The number of nitrogens with zero attached hydrogens (tertiary/aromatic N) is 1. The van der Waals surface area contributed by atoms with Gasteiger partial charge in [0.2, 0.25) is 0 Å². The quantitative estimate of drug-likeness (QED) is 0.769. The lowest BCUT2D eigenvalue weighted by atomic mass is 9.87. The fourth-order valence-corrected chi connectivity index (χ4v) is 3.52. The van der Waals surface area contributed by atoms with Gasteiger partial charge in [-0.25, -0.2) is 0 Å². The molecule has 0 spiro atoms. The van der Waals surface area contributed by atoms with Gasteiger partial charge >= 0.3 is 0 Å². The molecule has 0 amide bonds. The zero-order valence-corrected chi connectivity index (χ0v) is 12.7. The van der Waals surface area contributed by atoms with Gasteiger partial charge in [-0.1, -0.05) is 48.6 Å². The maximum atomic E-state index is 9.83. The summed E-state index contributed by atoms with van der Waals surface area (Å²) < 4.78 is 6.31. The van der Waals surface area contributed by atoms with E-state index < -0.39 is 13.9 Å². The minimum Gasteiger partial charge on any atom is -0.393 e. The topological polar surface area (TPSA) is 33.0 Å². The van der Waals surface area contributed by atoms with Gasteiger partial charge in [0.15, 0.2) is 13.9 Å². The van der Waals surface area contributed by atoms with E-state index in [-0.39, 0.29) is 0 Å². The molecule has 0 bridgehead atoms. The largest absolute Gasteiger partial charge is 0.393 e. The molecule has 0 fully saturated rings. The van der Waals surface area contributed by atoms with Crippen LogP contribution in [0.2, 0.25) is 19.6 Å². The Labute approximate surface area is 116 Å². The molecule has 0 N–H and O–H groups in total. The van der Waals surface area contributed by atoms with Gasteiger partial charge in [0, 0.05) is 5.56 Å². The van der Waals surface area contributed by atoms with E-state index in [1.807, 2.05) is 42.5 Å². The van der Waals surface area contributed by atoms with Gasteiger partial charge in [-0.2, -0.15) is 5.26 Å². The maximum Gasteiger partial charge on any atom is 0.192 e. The molecule has 0 aliphatic heterocycles. The SMILES string of the molecule is C[Si](C)(C)OC(C#N)(C1=CC=CC1)c1ccccc1. The molecule has 1 aromatic rings. The number of hydrogen-bond acceptors (Lipinski definition) is 2. The Kier molecular flexibility index (Phi) is 3.75. The van der Waals surface area contributed by atoms with Crippen molar-refractivity contribution in [2.24, 2.45) is 0 Å². The highest BCUT2D eigenvalue weighted by Gasteiger charge is 2.41. The third-order valence-electron chi connectivity index (χ3n) is 3.02. The summed E-state index contributed by atoms with van der Waals surface area (Å²) in [6, 6.07) is 12.3. The summed E-state index contributed by atoms with van der Waals surface area (Å²) in [6.07, 6.45) is 6.86. The van der Waals surface area contributed by atoms with Crippen LogP contribution in [-0.2, 0) is 10.0 Å². The molecule has 0 radical (unpaired) electrons. The summed E-state index contributed by atoms with van der Waals surface area (Å²) >= 11 is 0. The normalized spacial score (nSPS) is 17.7. The molecule has 19 heavy (non-hydrogen) atoms. The average molecular weight is 269 g/mol. The van der Waals surface area contributed by atoms with Crippen LogP contribution in [0, 0.1) is 11.3 Å². The van der Waals surface area contributed by atoms with E-state index in [0.29, 0.717) is 0 Å². The van der Waals surface area contributed by atoms with E-state index in [4.69, 9.17) is 4.43 Å². The standard InChI is InChI=1S/C16H19NOSi/c1-19(2,3)18-16(13-17,15-11-7-8-12-15)14-9-5-4-6-10-14/h4-11H,12H2,1-3H3. The molecule has 1 unspecified atom stereocenters. The fraction of sp³-hybridized carbons (Fsp3) is 0.312. The highest BCUT2D eigenvalue weighted by Crippen LogP contribution is 2.39. The minimum absolute atomic E-state index is 0.785. The first-order valence-electron chi connectivity index (χ1n) is 6.51. The molecule has 2 rings (SSSR count). The molecule has 2 nitrogen and oxygen atoms in total. The van der Waals surface area contributed by atoms with E-state index in [1.54, 1.807) is 0 Å². The first-order valence-corrected chi connectivity index (χ1v) is 9.92. The number of allylic oxidation sites excluding steroid dienone is 3. The second-order valence-corrected chi connectivity index (χ2v) is 10.1. The van der Waals surface area contributed by atoms with Gasteiger partial charge in [-0.05, 0) is 31.6 Å². The molecule has 98 valence electrons. The van der Waals surface area contributed by atoms with Crippen LogP contribution in [0.5, 0.6) is 0 Å². The van der Waals surface area contributed by atoms with E-state index in [0.717, 1.165) is 17.6 Å². The van der Waals surface area contributed by atoms with Gasteiger partial charge < -0.3 is 4.43 Å². The van der Waals surface area contributed by atoms with Gasteiger partial charge in [0.05, 0.1) is 0 Å². The maximum absolute atomic E-state index is 9.83. The van der Waals surface area contributed by atoms with Crippen LogP contribution in [0.3, 0.4) is 0 Å². The summed E-state index contributed by atoms with van der Waals surface area (Å²) in [5.41, 5.74) is 1.02. The Hall–Kier alpha value is -1.63. The van der Waals surface area contributed by atoms with Crippen molar-refractivity contribution in [3.8, 4) is 6.07 Å². The van der Waals surface area contributed by atoms with Crippen LogP contribution in [0.15, 0.2) is 54.1 Å². The van der Waals surface area contributed by atoms with Crippen molar-refractivity contribution in [3.05, 3.63) is 59.7 Å². The number of hydrogen-bond donors (Lipinski definition) is 0. The van der Waals surface area contributed by atoms with Gasteiger partial charge in [-0.15, -0.1) is 0 Å². The van der Waals surface area contributed by atoms with Crippen LogP contribution < -0.4 is 0 Å². The Morgan fingerprint density at radius 2 is 1.89 bits per heavy atom. The molecule has 0 saturated heterocycles. The van der Waals surface area contributed by atoms with Crippen LogP contribution in [0.4, 0.5) is 0 Å². The third kappa shape index (κ3) is 2.86. The second kappa shape index (κ2) is 5.16. The lowest BCUT2D eigenvalue weighted by molar-refractivity contribution is 0.157. The van der Waals surface area contributed by atoms with Crippen molar-refractivity contribution < 1.29 is 4.43 Å². The van der Waals surface area contributed by atoms with Crippen LogP contribution in [0.25, 0.3) is 0 Å². The lowest BCUT2D eigenvalue weighted by Gasteiger charge is -2.35. The highest BCUT2D eigenvalue weighted by molar-refractivity contribution is 6.69. The highest BCUT2D eigenvalue weighted by atomic mass is 28.4. The Morgan fingerprint density at radius 1 is 1.21 bits per heavy atom. The molecule has 0 heterocycles. The summed E-state index contributed by atoms with van der Waals surface area (Å²) in [4.78, 5) is 0. The number of nitriles is 1. The van der Waals surface area contributed by atoms with Gasteiger partial charge in [-0.3, -0.25) is 0 Å². The van der Waals surface area contributed by atoms with Gasteiger partial charge in [0.25, 0.3) is 0 Å². The van der Waals surface area contributed by atoms with E-state index in [9.17, 15) is 5.26 Å². The Morgan fingerprint density at radius 3 is 2.37 bits per heavy atom. The molecule has 1 aromatic carbocycles. The fourth-order valence-electron chi connectivity index (χ4n) is 2.31. The molecule has 0 aromatic heterocycles. The molecule has 0 saturated carbocycles. The molecule has 1 aliphatic carbocycles. The van der Waals surface area contributed by atoms with E-state index >= 15 is 0 Å². The van der Waals surface area contributed by atoms with Crippen molar-refractivity contribution >= 4 is 8.32 Å². The lowest BCUT2D eigenvalue weighted by Crippen LogP contribution is -2.41. The molecular formula is C16H19NOSi. The van der Waals surface area contributed by atoms with Crippen molar-refractivity contribution in [3.63, 3.8) is 0 Å². The van der Waals surface area contributed by atoms with Crippen LogP contribution in [-0.4, -0.2) is 8.32 Å². The van der Waals surface area contributed by atoms with Crippen LogP contribution in [0.1, 0.15) is 12.0 Å². The van der Waals surface area contributed by atoms with Crippen molar-refractivity contribution in [1.82, 2.24) is 0 Å².